The third-order valence-electron chi connectivity index (χ3n) is 4.77. The van der Waals surface area contributed by atoms with Crippen LogP contribution in [0.3, 0.4) is 0 Å². The van der Waals surface area contributed by atoms with Crippen LogP contribution >= 0.6 is 0 Å². The number of benzene rings is 3. The molecule has 0 fully saturated rings. The number of carbonyl (C=O) groups is 3. The van der Waals surface area contributed by atoms with Crippen molar-refractivity contribution in [2.75, 3.05) is 17.2 Å². The molecule has 0 bridgehead atoms. The summed E-state index contributed by atoms with van der Waals surface area (Å²) in [5, 5.41) is 5.54. The fourth-order valence-electron chi connectivity index (χ4n) is 3.14. The summed E-state index contributed by atoms with van der Waals surface area (Å²) in [4.78, 5) is 37.4. The molecule has 0 heterocycles. The molecular weight excluding hydrogens is 392 g/mol. The fraction of sp³-hybridized carbons (Fsp3) is 0.160. The molecule has 0 aliphatic carbocycles. The SMILES string of the molecule is CCc1cccc(C)c1NC(=O)COC(=O)c1ccccc1NC(=O)c1ccccc1. The van der Waals surface area contributed by atoms with Crippen molar-refractivity contribution in [3.63, 3.8) is 0 Å². The third kappa shape index (κ3) is 5.57. The smallest absolute Gasteiger partial charge is 0.340 e. The summed E-state index contributed by atoms with van der Waals surface area (Å²) in [6.07, 6.45) is 0.769. The van der Waals surface area contributed by atoms with E-state index in [0.29, 0.717) is 11.3 Å². The van der Waals surface area contributed by atoms with Gasteiger partial charge in [-0.25, -0.2) is 4.79 Å². The number of carbonyl (C=O) groups excluding carboxylic acids is 3. The molecule has 3 aromatic carbocycles. The first kappa shape index (κ1) is 21.8. The van der Waals surface area contributed by atoms with Crippen molar-refractivity contribution in [3.05, 3.63) is 95.1 Å². The van der Waals surface area contributed by atoms with Crippen LogP contribution in [0.5, 0.6) is 0 Å². The van der Waals surface area contributed by atoms with Gasteiger partial charge in [0.15, 0.2) is 6.61 Å². The van der Waals surface area contributed by atoms with Gasteiger partial charge in [-0.15, -0.1) is 0 Å². The summed E-state index contributed by atoms with van der Waals surface area (Å²) >= 11 is 0. The highest BCUT2D eigenvalue weighted by Gasteiger charge is 2.17. The van der Waals surface area contributed by atoms with Crippen LogP contribution in [0.4, 0.5) is 11.4 Å². The van der Waals surface area contributed by atoms with Crippen LogP contribution < -0.4 is 10.6 Å². The van der Waals surface area contributed by atoms with Crippen molar-refractivity contribution in [3.8, 4) is 0 Å². The summed E-state index contributed by atoms with van der Waals surface area (Å²) in [5.41, 5.74) is 3.64. The Hall–Kier alpha value is -3.93. The normalized spacial score (nSPS) is 10.3. The van der Waals surface area contributed by atoms with E-state index in [1.807, 2.05) is 38.1 Å². The Labute approximate surface area is 181 Å². The van der Waals surface area contributed by atoms with E-state index in [4.69, 9.17) is 4.74 Å². The Bertz CT molecular complexity index is 1090. The van der Waals surface area contributed by atoms with Crippen LogP contribution in [0.15, 0.2) is 72.8 Å². The Balaban J connectivity index is 1.65. The van der Waals surface area contributed by atoms with Gasteiger partial charge in [0.05, 0.1) is 11.3 Å². The third-order valence-corrected chi connectivity index (χ3v) is 4.77. The number of aryl methyl sites for hydroxylation is 2. The molecule has 2 amide bonds. The first-order chi connectivity index (χ1) is 15.0. The molecule has 158 valence electrons. The number of rotatable bonds is 7. The van der Waals surface area contributed by atoms with Crippen LogP contribution in [-0.2, 0) is 16.0 Å². The number of amides is 2. The zero-order valence-corrected chi connectivity index (χ0v) is 17.5. The van der Waals surface area contributed by atoms with Crippen molar-refractivity contribution < 1.29 is 19.1 Å². The average Bonchev–Trinajstić information content (AvgIpc) is 2.79. The van der Waals surface area contributed by atoms with Crippen molar-refractivity contribution in [1.82, 2.24) is 0 Å². The van der Waals surface area contributed by atoms with Gasteiger partial charge in [0, 0.05) is 11.3 Å². The first-order valence-corrected chi connectivity index (χ1v) is 10.0. The Morgan fingerprint density at radius 1 is 0.839 bits per heavy atom. The molecule has 0 aromatic heterocycles. The maximum Gasteiger partial charge on any atom is 0.340 e. The number of para-hydroxylation sites is 2. The highest BCUT2D eigenvalue weighted by atomic mass is 16.5. The van der Waals surface area contributed by atoms with Crippen molar-refractivity contribution in [2.24, 2.45) is 0 Å². The number of esters is 1. The average molecular weight is 416 g/mol. The predicted molar refractivity (Wildman–Crippen MR) is 120 cm³/mol. The highest BCUT2D eigenvalue weighted by molar-refractivity contribution is 6.08. The Morgan fingerprint density at radius 2 is 1.55 bits per heavy atom. The van der Waals surface area contributed by atoms with E-state index in [2.05, 4.69) is 10.6 Å². The van der Waals surface area contributed by atoms with Gasteiger partial charge in [0.1, 0.15) is 0 Å². The number of nitrogens with one attached hydrogen (secondary N) is 2. The molecule has 2 N–H and O–H groups in total. The minimum Gasteiger partial charge on any atom is -0.452 e. The fourth-order valence-corrected chi connectivity index (χ4v) is 3.14. The molecule has 31 heavy (non-hydrogen) atoms. The lowest BCUT2D eigenvalue weighted by Crippen LogP contribution is -2.23. The molecule has 6 heteroatoms. The number of ether oxygens (including phenoxy) is 1. The molecule has 0 radical (unpaired) electrons. The lowest BCUT2D eigenvalue weighted by molar-refractivity contribution is -0.119. The van der Waals surface area contributed by atoms with Gasteiger partial charge in [0.2, 0.25) is 0 Å². The zero-order chi connectivity index (χ0) is 22.2. The minimum atomic E-state index is -0.695. The van der Waals surface area contributed by atoms with Crippen molar-refractivity contribution in [2.45, 2.75) is 20.3 Å². The van der Waals surface area contributed by atoms with Gasteiger partial charge in [0.25, 0.3) is 11.8 Å². The molecule has 0 atom stereocenters. The van der Waals surface area contributed by atoms with E-state index in [9.17, 15) is 14.4 Å². The summed E-state index contributed by atoms with van der Waals surface area (Å²) in [6, 6.07) is 21.0. The lowest BCUT2D eigenvalue weighted by Gasteiger charge is -2.14. The summed E-state index contributed by atoms with van der Waals surface area (Å²) < 4.78 is 5.20. The number of anilines is 2. The molecule has 0 saturated heterocycles. The summed E-state index contributed by atoms with van der Waals surface area (Å²) in [6.45, 7) is 3.48. The van der Waals surface area contributed by atoms with Crippen LogP contribution in [-0.4, -0.2) is 24.4 Å². The van der Waals surface area contributed by atoms with Crippen LogP contribution in [0.1, 0.15) is 38.8 Å². The van der Waals surface area contributed by atoms with E-state index < -0.39 is 18.5 Å². The molecule has 6 nitrogen and oxygen atoms in total. The monoisotopic (exact) mass is 416 g/mol. The second-order valence-corrected chi connectivity index (χ2v) is 6.95. The van der Waals surface area contributed by atoms with Gasteiger partial charge in [-0.1, -0.05) is 55.5 Å². The van der Waals surface area contributed by atoms with Gasteiger partial charge < -0.3 is 15.4 Å². The largest absolute Gasteiger partial charge is 0.452 e. The van der Waals surface area contributed by atoms with E-state index in [-0.39, 0.29) is 11.5 Å². The van der Waals surface area contributed by atoms with Gasteiger partial charge in [-0.3, -0.25) is 9.59 Å². The molecular formula is C25H24N2O4. The zero-order valence-electron chi connectivity index (χ0n) is 17.5. The first-order valence-electron chi connectivity index (χ1n) is 10.0. The highest BCUT2D eigenvalue weighted by Crippen LogP contribution is 2.21. The quantitative estimate of drug-likeness (QED) is 0.551. The molecule has 0 unspecified atom stereocenters. The van der Waals surface area contributed by atoms with Gasteiger partial charge in [-0.2, -0.15) is 0 Å². The minimum absolute atomic E-state index is 0.171. The summed E-state index contributed by atoms with van der Waals surface area (Å²) in [5.74, 6) is -1.46. The van der Waals surface area contributed by atoms with E-state index in [1.165, 1.54) is 6.07 Å². The topological polar surface area (TPSA) is 84.5 Å². The van der Waals surface area contributed by atoms with Gasteiger partial charge >= 0.3 is 5.97 Å². The standard InChI is InChI=1S/C25H24N2O4/c1-3-18-13-9-10-17(2)23(18)27-22(28)16-31-25(30)20-14-7-8-15-21(20)26-24(29)19-11-5-4-6-12-19/h4-15H,3,16H2,1-2H3,(H,26,29)(H,27,28). The van der Waals surface area contributed by atoms with E-state index in [0.717, 1.165) is 23.2 Å². The van der Waals surface area contributed by atoms with Crippen LogP contribution in [0, 0.1) is 6.92 Å². The molecule has 0 spiro atoms. The molecule has 0 saturated carbocycles. The van der Waals surface area contributed by atoms with Crippen molar-refractivity contribution >= 4 is 29.2 Å². The maximum absolute atomic E-state index is 12.6. The molecule has 0 aliphatic rings. The predicted octanol–water partition coefficient (Wildman–Crippen LogP) is 4.61. The Morgan fingerprint density at radius 3 is 2.29 bits per heavy atom. The lowest BCUT2D eigenvalue weighted by atomic mass is 10.1. The van der Waals surface area contributed by atoms with Gasteiger partial charge in [-0.05, 0) is 48.7 Å². The number of hydrogen-bond donors (Lipinski definition) is 2. The molecule has 3 rings (SSSR count). The second-order valence-electron chi connectivity index (χ2n) is 6.95. The maximum atomic E-state index is 12.6. The molecule has 0 aliphatic heterocycles. The second kappa shape index (κ2) is 10.2. The summed E-state index contributed by atoms with van der Waals surface area (Å²) in [7, 11) is 0. The van der Waals surface area contributed by atoms with E-state index >= 15 is 0 Å². The number of hydrogen-bond acceptors (Lipinski definition) is 4. The van der Waals surface area contributed by atoms with Crippen LogP contribution in [0.2, 0.25) is 0 Å². The Kier molecular flexibility index (Phi) is 7.17. The van der Waals surface area contributed by atoms with Crippen LogP contribution in [0.25, 0.3) is 0 Å². The molecule has 3 aromatic rings. The van der Waals surface area contributed by atoms with E-state index in [1.54, 1.807) is 42.5 Å². The van der Waals surface area contributed by atoms with Crippen molar-refractivity contribution in [1.29, 1.82) is 0 Å².